The van der Waals surface area contributed by atoms with Gasteiger partial charge in [-0.25, -0.2) is 4.39 Å². The van der Waals surface area contributed by atoms with Crippen LogP contribution in [0.15, 0.2) is 71.7 Å². The molecule has 41 heavy (non-hydrogen) atoms. The zero-order chi connectivity index (χ0) is 29.3. The van der Waals surface area contributed by atoms with Gasteiger partial charge < -0.3 is 20.4 Å². The number of nitrogens with zero attached hydrogens (tertiary/aromatic N) is 3. The van der Waals surface area contributed by atoms with Crippen LogP contribution in [0.25, 0.3) is 5.69 Å². The minimum absolute atomic E-state index is 0.0915. The Morgan fingerprint density at radius 2 is 1.46 bits per heavy atom. The number of halogens is 2. The minimum Gasteiger partial charge on any atom is -0.339 e. The van der Waals surface area contributed by atoms with E-state index in [1.54, 1.807) is 46.2 Å². The number of rotatable bonds is 6. The van der Waals surface area contributed by atoms with Crippen molar-refractivity contribution in [2.45, 2.75) is 6.92 Å². The van der Waals surface area contributed by atoms with E-state index in [0.29, 0.717) is 23.8 Å². The molecule has 3 unspecified atom stereocenters. The highest BCUT2D eigenvalue weighted by Gasteiger charge is 2.63. The minimum atomic E-state index is -1.03. The van der Waals surface area contributed by atoms with E-state index < -0.39 is 35.4 Å². The van der Waals surface area contributed by atoms with Crippen LogP contribution in [0.5, 0.6) is 0 Å². The summed E-state index contributed by atoms with van der Waals surface area (Å²) in [5.41, 5.74) is 0.231. The maximum Gasteiger partial charge on any atom is 0.255 e. The van der Waals surface area contributed by atoms with Gasteiger partial charge in [0.2, 0.25) is 23.6 Å². The summed E-state index contributed by atoms with van der Waals surface area (Å²) in [6, 6.07) is 14.9. The molecule has 0 radical (unpaired) electrons. The molecule has 2 N–H and O–H groups in total. The molecule has 2 heterocycles. The lowest BCUT2D eigenvalue weighted by Gasteiger charge is -2.34. The third-order valence-electron chi connectivity index (χ3n) is 7.37. The first kappa shape index (κ1) is 28.0. The van der Waals surface area contributed by atoms with Gasteiger partial charge in [-0.3, -0.25) is 28.5 Å². The molecular weight excluding hydrogens is 553 g/mol. The van der Waals surface area contributed by atoms with E-state index in [9.17, 15) is 24.0 Å². The monoisotopic (exact) mass is 579 g/mol. The summed E-state index contributed by atoms with van der Waals surface area (Å²) in [5, 5.41) is 5.71. The van der Waals surface area contributed by atoms with E-state index in [1.807, 2.05) is 0 Å². The Morgan fingerprint density at radius 1 is 0.829 bits per heavy atom. The summed E-state index contributed by atoms with van der Waals surface area (Å²) in [7, 11) is 0. The van der Waals surface area contributed by atoms with Crippen molar-refractivity contribution in [1.82, 2.24) is 14.4 Å². The predicted molar refractivity (Wildman–Crippen MR) is 150 cm³/mol. The fourth-order valence-electron chi connectivity index (χ4n) is 5.09. The lowest BCUT2D eigenvalue weighted by molar-refractivity contribution is -0.140. The van der Waals surface area contributed by atoms with E-state index >= 15 is 4.39 Å². The maximum atomic E-state index is 15.0. The van der Waals surface area contributed by atoms with E-state index in [0.717, 1.165) is 6.07 Å². The van der Waals surface area contributed by atoms with Crippen LogP contribution in [-0.4, -0.2) is 64.2 Å². The van der Waals surface area contributed by atoms with Gasteiger partial charge in [0.05, 0.1) is 29.1 Å². The normalized spacial score (nSPS) is 19.8. The summed E-state index contributed by atoms with van der Waals surface area (Å²) >= 11 is 5.92. The molecule has 2 fully saturated rings. The molecule has 4 amide bonds. The molecule has 0 bridgehead atoms. The number of amides is 4. The molecule has 0 spiro atoms. The van der Waals surface area contributed by atoms with Crippen molar-refractivity contribution in [2.24, 2.45) is 17.8 Å². The Balaban J connectivity index is 1.34. The SMILES string of the molecule is CC(=O)N1CCN(C(=O)C2C(C(=O)Nc3ccc(Cl)cc3)C2C(=O)Nc2ccc(-n3ccccc3=O)cc2F)CC1. The van der Waals surface area contributed by atoms with Crippen molar-refractivity contribution in [1.29, 1.82) is 0 Å². The number of nitrogens with one attached hydrogen (secondary N) is 2. The highest BCUT2D eigenvalue weighted by molar-refractivity contribution is 6.30. The number of piperazine rings is 1. The molecular formula is C29H27ClFN5O5. The van der Waals surface area contributed by atoms with Crippen LogP contribution in [0.4, 0.5) is 15.8 Å². The van der Waals surface area contributed by atoms with Gasteiger partial charge in [0.1, 0.15) is 5.82 Å². The van der Waals surface area contributed by atoms with Crippen LogP contribution in [0, 0.1) is 23.6 Å². The second-order valence-electron chi connectivity index (χ2n) is 9.97. The summed E-state index contributed by atoms with van der Waals surface area (Å²) in [6.45, 7) is 2.73. The summed E-state index contributed by atoms with van der Waals surface area (Å²) < 4.78 is 16.3. The second-order valence-corrected chi connectivity index (χ2v) is 10.4. The third kappa shape index (κ3) is 5.99. The van der Waals surface area contributed by atoms with Crippen molar-refractivity contribution in [3.63, 3.8) is 0 Å². The van der Waals surface area contributed by atoms with Gasteiger partial charge in [-0.1, -0.05) is 17.7 Å². The second kappa shape index (κ2) is 11.5. The summed E-state index contributed by atoms with van der Waals surface area (Å²) in [5.74, 6) is -5.40. The number of anilines is 2. The van der Waals surface area contributed by atoms with Crippen LogP contribution in [-0.2, 0) is 19.2 Å². The van der Waals surface area contributed by atoms with E-state index in [4.69, 9.17) is 11.6 Å². The lowest BCUT2D eigenvalue weighted by Crippen LogP contribution is -2.50. The molecule has 2 aromatic carbocycles. The zero-order valence-electron chi connectivity index (χ0n) is 22.1. The zero-order valence-corrected chi connectivity index (χ0v) is 22.8. The van der Waals surface area contributed by atoms with Gasteiger partial charge in [0, 0.05) is 62.1 Å². The lowest BCUT2D eigenvalue weighted by atomic mass is 10.2. The Bertz CT molecular complexity index is 1570. The molecule has 1 aliphatic heterocycles. The van der Waals surface area contributed by atoms with Gasteiger partial charge in [-0.05, 0) is 42.5 Å². The van der Waals surface area contributed by atoms with Gasteiger partial charge in [-0.15, -0.1) is 0 Å². The fraction of sp³-hybridized carbons (Fsp3) is 0.276. The number of carbonyl (C=O) groups is 4. The van der Waals surface area contributed by atoms with E-state index in [1.165, 1.54) is 35.9 Å². The number of benzene rings is 2. The van der Waals surface area contributed by atoms with Crippen LogP contribution in [0.2, 0.25) is 5.02 Å². The summed E-state index contributed by atoms with van der Waals surface area (Å²) in [6.07, 6.45) is 1.50. The van der Waals surface area contributed by atoms with E-state index in [2.05, 4.69) is 10.6 Å². The number of aromatic nitrogens is 1. The van der Waals surface area contributed by atoms with Gasteiger partial charge in [-0.2, -0.15) is 0 Å². The van der Waals surface area contributed by atoms with Crippen LogP contribution in [0.3, 0.4) is 0 Å². The first-order valence-electron chi connectivity index (χ1n) is 13.0. The molecule has 1 aliphatic carbocycles. The standard InChI is InChI=1S/C29H27ClFN5O5/c1-17(37)34-12-14-35(15-13-34)29(41)26-24(27(39)32-19-7-5-18(30)6-8-19)25(26)28(40)33-22-10-9-20(16-21(22)31)36-11-3-2-4-23(36)38/h2-11,16,24-26H,12-15H2,1H3,(H,32,39)(H,33,40). The number of hydrogen-bond donors (Lipinski definition) is 2. The average Bonchev–Trinajstić information content (AvgIpc) is 3.71. The Hall–Kier alpha value is -4.51. The Labute approximate surface area is 239 Å². The van der Waals surface area contributed by atoms with Crippen molar-refractivity contribution in [3.05, 3.63) is 88.1 Å². The molecule has 1 aromatic heterocycles. The van der Waals surface area contributed by atoms with Crippen molar-refractivity contribution in [2.75, 3.05) is 36.8 Å². The van der Waals surface area contributed by atoms with Gasteiger partial charge in [0.15, 0.2) is 0 Å². The number of hydrogen-bond acceptors (Lipinski definition) is 5. The predicted octanol–water partition coefficient (Wildman–Crippen LogP) is 2.76. The van der Waals surface area contributed by atoms with Gasteiger partial charge in [0.25, 0.3) is 5.56 Å². The largest absolute Gasteiger partial charge is 0.339 e. The van der Waals surface area contributed by atoms with Crippen LogP contribution in [0.1, 0.15) is 6.92 Å². The Kier molecular flexibility index (Phi) is 7.89. The molecule has 1 saturated heterocycles. The molecule has 3 atom stereocenters. The first-order valence-corrected chi connectivity index (χ1v) is 13.4. The topological polar surface area (TPSA) is 121 Å². The maximum absolute atomic E-state index is 15.0. The van der Waals surface area contributed by atoms with Crippen molar-refractivity contribution >= 4 is 46.6 Å². The molecule has 12 heteroatoms. The molecule has 212 valence electrons. The fourth-order valence-corrected chi connectivity index (χ4v) is 5.22. The van der Waals surface area contributed by atoms with Gasteiger partial charge >= 0.3 is 0 Å². The molecule has 5 rings (SSSR count). The third-order valence-corrected chi connectivity index (χ3v) is 7.62. The highest BCUT2D eigenvalue weighted by atomic mass is 35.5. The number of pyridine rings is 1. The van der Waals surface area contributed by atoms with Crippen molar-refractivity contribution < 1.29 is 23.6 Å². The van der Waals surface area contributed by atoms with Crippen molar-refractivity contribution in [3.8, 4) is 5.69 Å². The first-order chi connectivity index (χ1) is 19.6. The van der Waals surface area contributed by atoms with E-state index in [-0.39, 0.29) is 41.8 Å². The molecule has 2 aliphatic rings. The number of carbonyl (C=O) groups excluding carboxylic acids is 4. The average molecular weight is 580 g/mol. The molecule has 1 saturated carbocycles. The molecule has 3 aromatic rings. The van der Waals surface area contributed by atoms with Crippen LogP contribution < -0.4 is 16.2 Å². The Morgan fingerprint density at radius 3 is 2.07 bits per heavy atom. The molecule has 10 nitrogen and oxygen atoms in total. The smallest absolute Gasteiger partial charge is 0.255 e. The quantitative estimate of drug-likeness (QED) is 0.465. The summed E-state index contributed by atoms with van der Waals surface area (Å²) in [4.78, 5) is 66.9. The van der Waals surface area contributed by atoms with Crippen LogP contribution >= 0.6 is 11.6 Å². The highest BCUT2D eigenvalue weighted by Crippen LogP contribution is 2.49.